The Morgan fingerprint density at radius 3 is 2.61 bits per heavy atom. The second-order valence-electron chi connectivity index (χ2n) is 9.48. The summed E-state index contributed by atoms with van der Waals surface area (Å²) in [5.74, 6) is 0.579. The van der Waals surface area contributed by atoms with Crippen LogP contribution in [0.2, 0.25) is 0 Å². The van der Waals surface area contributed by atoms with E-state index in [1.165, 1.54) is 12.8 Å². The predicted molar refractivity (Wildman–Crippen MR) is 128 cm³/mol. The van der Waals surface area contributed by atoms with Gasteiger partial charge in [0.2, 0.25) is 11.8 Å². The molecule has 0 bridgehead atoms. The van der Waals surface area contributed by atoms with Crippen LogP contribution in [0, 0.1) is 12.8 Å². The smallest absolute Gasteiger partial charge is 0.230 e. The van der Waals surface area contributed by atoms with E-state index in [2.05, 4.69) is 12.1 Å². The molecule has 172 valence electrons. The SMILES string of the molecule is Cc1cccn2cc(CN3CCN(C(=O)[C@@H](c4ccccc4)C4CCCC4)CCC3=O)nc12. The first-order valence-corrected chi connectivity index (χ1v) is 12.1. The van der Waals surface area contributed by atoms with Crippen LogP contribution >= 0.6 is 0 Å². The summed E-state index contributed by atoms with van der Waals surface area (Å²) < 4.78 is 2.01. The molecule has 2 aromatic heterocycles. The molecular weight excluding hydrogens is 412 g/mol. The summed E-state index contributed by atoms with van der Waals surface area (Å²) >= 11 is 0. The van der Waals surface area contributed by atoms with Crippen LogP contribution in [0.5, 0.6) is 0 Å². The molecule has 33 heavy (non-hydrogen) atoms. The van der Waals surface area contributed by atoms with E-state index >= 15 is 0 Å². The first-order chi connectivity index (χ1) is 16.1. The first kappa shape index (κ1) is 21.7. The number of imidazole rings is 1. The van der Waals surface area contributed by atoms with Gasteiger partial charge in [-0.15, -0.1) is 0 Å². The topological polar surface area (TPSA) is 57.9 Å². The van der Waals surface area contributed by atoms with Crippen molar-refractivity contribution in [3.8, 4) is 0 Å². The Bertz CT molecular complexity index is 1130. The van der Waals surface area contributed by atoms with Crippen LogP contribution in [-0.4, -0.2) is 50.6 Å². The number of aromatic nitrogens is 2. The molecule has 1 saturated heterocycles. The van der Waals surface area contributed by atoms with Crippen molar-refractivity contribution in [2.45, 2.75) is 51.5 Å². The van der Waals surface area contributed by atoms with Gasteiger partial charge in [0.25, 0.3) is 0 Å². The monoisotopic (exact) mass is 444 g/mol. The van der Waals surface area contributed by atoms with Crippen molar-refractivity contribution in [2.75, 3.05) is 19.6 Å². The highest BCUT2D eigenvalue weighted by Crippen LogP contribution is 2.38. The molecule has 5 rings (SSSR count). The molecular formula is C27H32N4O2. The molecule has 2 amide bonds. The quantitative estimate of drug-likeness (QED) is 0.593. The number of hydrogen-bond donors (Lipinski definition) is 0. The van der Waals surface area contributed by atoms with E-state index in [4.69, 9.17) is 4.98 Å². The molecule has 0 N–H and O–H groups in total. The van der Waals surface area contributed by atoms with E-state index in [1.807, 2.05) is 63.8 Å². The van der Waals surface area contributed by atoms with Crippen LogP contribution in [0.1, 0.15) is 54.8 Å². The Kier molecular flexibility index (Phi) is 6.16. The minimum atomic E-state index is -0.100. The number of nitrogens with zero attached hydrogens (tertiary/aromatic N) is 4. The largest absolute Gasteiger partial charge is 0.340 e. The zero-order valence-corrected chi connectivity index (χ0v) is 19.3. The van der Waals surface area contributed by atoms with E-state index in [0.717, 1.165) is 35.3 Å². The molecule has 2 fully saturated rings. The summed E-state index contributed by atoms with van der Waals surface area (Å²) in [6.45, 7) is 4.14. The zero-order chi connectivity index (χ0) is 22.8. The van der Waals surface area contributed by atoms with Crippen LogP contribution < -0.4 is 0 Å². The van der Waals surface area contributed by atoms with Crippen molar-refractivity contribution in [1.29, 1.82) is 0 Å². The molecule has 6 heteroatoms. The second-order valence-corrected chi connectivity index (χ2v) is 9.48. The number of carbonyl (C=O) groups is 2. The van der Waals surface area contributed by atoms with Gasteiger partial charge in [-0.3, -0.25) is 9.59 Å². The highest BCUT2D eigenvalue weighted by molar-refractivity contribution is 5.85. The van der Waals surface area contributed by atoms with Crippen LogP contribution in [0.25, 0.3) is 5.65 Å². The lowest BCUT2D eigenvalue weighted by molar-refractivity contribution is -0.134. The number of rotatable bonds is 5. The fourth-order valence-corrected chi connectivity index (χ4v) is 5.49. The molecule has 3 aromatic rings. The number of aryl methyl sites for hydroxylation is 1. The summed E-state index contributed by atoms with van der Waals surface area (Å²) in [6.07, 6.45) is 8.96. The summed E-state index contributed by atoms with van der Waals surface area (Å²) in [5.41, 5.74) is 4.03. The maximum atomic E-state index is 13.7. The fraction of sp³-hybridized carbons (Fsp3) is 0.444. The van der Waals surface area contributed by atoms with Crippen LogP contribution in [0.15, 0.2) is 54.9 Å². The average Bonchev–Trinajstić information content (AvgIpc) is 3.46. The van der Waals surface area contributed by atoms with Crippen molar-refractivity contribution in [1.82, 2.24) is 19.2 Å². The summed E-state index contributed by atoms with van der Waals surface area (Å²) in [6, 6.07) is 14.3. The van der Waals surface area contributed by atoms with Crippen molar-refractivity contribution >= 4 is 17.5 Å². The van der Waals surface area contributed by atoms with E-state index in [9.17, 15) is 9.59 Å². The number of fused-ring (bicyclic) bond motifs is 1. The van der Waals surface area contributed by atoms with E-state index < -0.39 is 0 Å². The van der Waals surface area contributed by atoms with Gasteiger partial charge in [-0.05, 0) is 42.9 Å². The summed E-state index contributed by atoms with van der Waals surface area (Å²) in [7, 11) is 0. The molecule has 1 atom stereocenters. The number of carbonyl (C=O) groups excluding carboxylic acids is 2. The van der Waals surface area contributed by atoms with Crippen LogP contribution in [0.4, 0.5) is 0 Å². The molecule has 1 saturated carbocycles. The second kappa shape index (κ2) is 9.38. The Morgan fingerprint density at radius 1 is 1.06 bits per heavy atom. The molecule has 1 aliphatic carbocycles. The van der Waals surface area contributed by atoms with Gasteiger partial charge in [-0.25, -0.2) is 4.98 Å². The first-order valence-electron chi connectivity index (χ1n) is 12.1. The van der Waals surface area contributed by atoms with Crippen LogP contribution in [-0.2, 0) is 16.1 Å². The Labute approximate surface area is 195 Å². The normalized spacial score (nSPS) is 18.6. The number of amides is 2. The minimum Gasteiger partial charge on any atom is -0.340 e. The van der Waals surface area contributed by atoms with Crippen molar-refractivity contribution in [3.63, 3.8) is 0 Å². The predicted octanol–water partition coefficient (Wildman–Crippen LogP) is 4.18. The van der Waals surface area contributed by atoms with Crippen molar-refractivity contribution < 1.29 is 9.59 Å². The summed E-state index contributed by atoms with van der Waals surface area (Å²) in [5, 5.41) is 0. The van der Waals surface area contributed by atoms with Gasteiger partial charge in [0.05, 0.1) is 18.2 Å². The lowest BCUT2D eigenvalue weighted by Gasteiger charge is -2.30. The molecule has 0 radical (unpaired) electrons. The Hall–Kier alpha value is -3.15. The third-order valence-corrected chi connectivity index (χ3v) is 7.28. The van der Waals surface area contributed by atoms with Gasteiger partial charge in [-0.2, -0.15) is 0 Å². The van der Waals surface area contributed by atoms with Crippen molar-refractivity contribution in [2.24, 2.45) is 5.92 Å². The molecule has 3 heterocycles. The fourth-order valence-electron chi connectivity index (χ4n) is 5.49. The van der Waals surface area contributed by atoms with Crippen LogP contribution in [0.3, 0.4) is 0 Å². The Balaban J connectivity index is 1.31. The van der Waals surface area contributed by atoms with Gasteiger partial charge in [0.1, 0.15) is 5.65 Å². The molecule has 2 aliphatic rings. The zero-order valence-electron chi connectivity index (χ0n) is 19.3. The van der Waals surface area contributed by atoms with Crippen molar-refractivity contribution in [3.05, 3.63) is 71.7 Å². The molecule has 1 aliphatic heterocycles. The van der Waals surface area contributed by atoms with E-state index in [1.54, 1.807) is 0 Å². The van der Waals surface area contributed by atoms with Gasteiger partial charge in [0, 0.05) is 38.4 Å². The summed E-state index contributed by atoms with van der Waals surface area (Å²) in [4.78, 5) is 35.2. The maximum Gasteiger partial charge on any atom is 0.230 e. The third kappa shape index (κ3) is 4.52. The number of pyridine rings is 1. The standard InChI is InChI=1S/C27H32N4O2/c1-20-8-7-14-31-19-23(28-26(20)31)18-30-17-16-29(15-13-24(30)32)27(33)25(22-11-5-6-12-22)21-9-3-2-4-10-21/h2-4,7-10,14,19,22,25H,5-6,11-13,15-18H2,1H3/t25-/m0/s1. The lowest BCUT2D eigenvalue weighted by Crippen LogP contribution is -2.40. The van der Waals surface area contributed by atoms with Gasteiger partial charge in [-0.1, -0.05) is 49.2 Å². The lowest BCUT2D eigenvalue weighted by atomic mass is 9.83. The van der Waals surface area contributed by atoms with Gasteiger partial charge >= 0.3 is 0 Å². The average molecular weight is 445 g/mol. The highest BCUT2D eigenvalue weighted by Gasteiger charge is 2.36. The third-order valence-electron chi connectivity index (χ3n) is 7.28. The maximum absolute atomic E-state index is 13.7. The van der Waals surface area contributed by atoms with Gasteiger partial charge < -0.3 is 14.2 Å². The minimum absolute atomic E-state index is 0.0937. The highest BCUT2D eigenvalue weighted by atomic mass is 16.2. The number of hydrogen-bond acceptors (Lipinski definition) is 3. The molecule has 6 nitrogen and oxygen atoms in total. The molecule has 0 spiro atoms. The van der Waals surface area contributed by atoms with E-state index in [-0.39, 0.29) is 17.7 Å². The van der Waals surface area contributed by atoms with E-state index in [0.29, 0.717) is 38.5 Å². The number of benzene rings is 1. The Morgan fingerprint density at radius 2 is 1.85 bits per heavy atom. The van der Waals surface area contributed by atoms with Gasteiger partial charge in [0.15, 0.2) is 0 Å². The molecule has 0 unspecified atom stereocenters. The molecule has 1 aromatic carbocycles.